The third-order valence-electron chi connectivity index (χ3n) is 5.97. The summed E-state index contributed by atoms with van der Waals surface area (Å²) >= 11 is 0. The summed E-state index contributed by atoms with van der Waals surface area (Å²) in [5, 5.41) is 5.19. The van der Waals surface area contributed by atoms with Gasteiger partial charge < -0.3 is 9.13 Å². The van der Waals surface area contributed by atoms with E-state index >= 15 is 0 Å². The summed E-state index contributed by atoms with van der Waals surface area (Å²) in [6.07, 6.45) is 2.08. The van der Waals surface area contributed by atoms with Crippen LogP contribution in [0.5, 0.6) is 0 Å². The molecule has 0 spiro atoms. The van der Waals surface area contributed by atoms with Crippen LogP contribution in [0.25, 0.3) is 5.69 Å². The Labute approximate surface area is 176 Å². The predicted octanol–water partition coefficient (Wildman–Crippen LogP) is 2.80. The van der Waals surface area contributed by atoms with Crippen LogP contribution in [-0.2, 0) is 16.6 Å². The summed E-state index contributed by atoms with van der Waals surface area (Å²) in [5.74, 6) is 0.0855. The van der Waals surface area contributed by atoms with Gasteiger partial charge in [-0.15, -0.1) is 0 Å². The van der Waals surface area contributed by atoms with Gasteiger partial charge in [-0.25, -0.2) is 13.6 Å². The van der Waals surface area contributed by atoms with Crippen molar-refractivity contribution in [1.29, 1.82) is 0 Å². The maximum Gasteiger partial charge on any atom is 0.238 e. The van der Waals surface area contributed by atoms with Crippen molar-refractivity contribution in [3.8, 4) is 5.69 Å². The highest BCUT2D eigenvalue weighted by Crippen LogP contribution is 2.27. The van der Waals surface area contributed by atoms with Crippen LogP contribution in [0.3, 0.4) is 0 Å². The molecular formula is C22H26N4O3S. The predicted molar refractivity (Wildman–Crippen MR) is 115 cm³/mol. The molecule has 1 aliphatic rings. The Kier molecular flexibility index (Phi) is 5.17. The zero-order chi connectivity index (χ0) is 21.6. The maximum absolute atomic E-state index is 13.2. The highest BCUT2D eigenvalue weighted by molar-refractivity contribution is 7.89. The van der Waals surface area contributed by atoms with Crippen molar-refractivity contribution in [2.24, 2.45) is 5.14 Å². The molecule has 0 bridgehead atoms. The molecule has 1 unspecified atom stereocenters. The summed E-state index contributed by atoms with van der Waals surface area (Å²) in [6.45, 7) is 8.07. The summed E-state index contributed by atoms with van der Waals surface area (Å²) < 4.78 is 27.2. The number of hydrogen-bond acceptors (Lipinski definition) is 4. The van der Waals surface area contributed by atoms with Crippen LogP contribution in [0.15, 0.2) is 53.6 Å². The van der Waals surface area contributed by atoms with Crippen LogP contribution in [0.4, 0.5) is 0 Å². The van der Waals surface area contributed by atoms with Gasteiger partial charge in [0.25, 0.3) is 0 Å². The average Bonchev–Trinajstić information content (AvgIpc) is 3.28. The van der Waals surface area contributed by atoms with E-state index in [0.717, 1.165) is 30.2 Å². The van der Waals surface area contributed by atoms with Crippen LogP contribution in [0.1, 0.15) is 40.4 Å². The standard InChI is InChI=1S/C22H26N4O3S/c1-15-13-20(16(2)26(15)18-6-8-19(9-7-18)30(23,28)29)22(27)14-25-12-11-24-10-4-5-21(24)17(25)3/h4-10,13,17H,11-12,14H2,1-3H3,(H2,23,28,29). The molecular weight excluding hydrogens is 400 g/mol. The summed E-state index contributed by atoms with van der Waals surface area (Å²) in [5.41, 5.74) is 4.47. The zero-order valence-corrected chi connectivity index (χ0v) is 18.2. The van der Waals surface area contributed by atoms with Crippen LogP contribution in [0, 0.1) is 13.8 Å². The van der Waals surface area contributed by atoms with E-state index in [4.69, 9.17) is 5.14 Å². The quantitative estimate of drug-likeness (QED) is 0.635. The van der Waals surface area contributed by atoms with Crippen LogP contribution in [-0.4, -0.2) is 41.3 Å². The molecule has 1 aromatic carbocycles. The van der Waals surface area contributed by atoms with Gasteiger partial charge in [-0.2, -0.15) is 0 Å². The molecule has 4 rings (SSSR count). The van der Waals surface area contributed by atoms with Crippen molar-refractivity contribution in [1.82, 2.24) is 14.0 Å². The molecule has 0 fully saturated rings. The molecule has 7 nitrogen and oxygen atoms in total. The molecule has 1 atom stereocenters. The number of hydrogen-bond donors (Lipinski definition) is 1. The number of sulfonamides is 1. The number of primary sulfonamides is 1. The van der Waals surface area contributed by atoms with E-state index in [9.17, 15) is 13.2 Å². The molecule has 2 N–H and O–H groups in total. The van der Waals surface area contributed by atoms with Gasteiger partial charge in [0.15, 0.2) is 5.78 Å². The minimum Gasteiger partial charge on any atom is -0.349 e. The first kappa shape index (κ1) is 20.6. The van der Waals surface area contributed by atoms with E-state index in [1.54, 1.807) is 12.1 Å². The number of nitrogens with two attached hydrogens (primary N) is 1. The van der Waals surface area contributed by atoms with Gasteiger partial charge in [-0.1, -0.05) is 0 Å². The van der Waals surface area contributed by atoms with Gasteiger partial charge in [0, 0.05) is 53.7 Å². The Balaban J connectivity index is 1.58. The monoisotopic (exact) mass is 426 g/mol. The third-order valence-corrected chi connectivity index (χ3v) is 6.90. The number of carbonyl (C=O) groups is 1. The number of rotatable bonds is 5. The van der Waals surface area contributed by atoms with Crippen molar-refractivity contribution in [3.05, 3.63) is 71.3 Å². The molecule has 8 heteroatoms. The lowest BCUT2D eigenvalue weighted by molar-refractivity contribution is 0.0867. The van der Waals surface area contributed by atoms with Crippen molar-refractivity contribution in [3.63, 3.8) is 0 Å². The Morgan fingerprint density at radius 1 is 1.13 bits per heavy atom. The van der Waals surface area contributed by atoms with Crippen molar-refractivity contribution in [2.45, 2.75) is 38.3 Å². The molecule has 3 aromatic rings. The van der Waals surface area contributed by atoms with Gasteiger partial charge >= 0.3 is 0 Å². The smallest absolute Gasteiger partial charge is 0.238 e. The van der Waals surface area contributed by atoms with Crippen LogP contribution < -0.4 is 5.14 Å². The fourth-order valence-electron chi connectivity index (χ4n) is 4.34. The largest absolute Gasteiger partial charge is 0.349 e. The average molecular weight is 427 g/mol. The molecule has 30 heavy (non-hydrogen) atoms. The molecule has 1 aliphatic heterocycles. The molecule has 2 aromatic heterocycles. The van der Waals surface area contributed by atoms with E-state index in [1.165, 1.54) is 17.8 Å². The number of Topliss-reactive ketones (excluding diaryl/α,β-unsaturated/α-hetero) is 1. The Bertz CT molecular complexity index is 1210. The second-order valence-corrected chi connectivity index (χ2v) is 9.42. The lowest BCUT2D eigenvalue weighted by atomic mass is 10.1. The maximum atomic E-state index is 13.2. The van der Waals surface area contributed by atoms with E-state index in [0.29, 0.717) is 12.1 Å². The van der Waals surface area contributed by atoms with E-state index < -0.39 is 10.0 Å². The van der Waals surface area contributed by atoms with Crippen molar-refractivity contribution in [2.75, 3.05) is 13.1 Å². The first-order valence-corrected chi connectivity index (χ1v) is 11.5. The van der Waals surface area contributed by atoms with Gasteiger partial charge in [0.1, 0.15) is 0 Å². The van der Waals surface area contributed by atoms with Crippen LogP contribution in [0.2, 0.25) is 0 Å². The SMILES string of the molecule is Cc1cc(C(=O)CN2CCn3cccc3C2C)c(C)n1-c1ccc(S(N)(=O)=O)cc1. The second-order valence-electron chi connectivity index (χ2n) is 7.86. The number of benzene rings is 1. The van der Waals surface area contributed by atoms with Crippen molar-refractivity contribution < 1.29 is 13.2 Å². The third kappa shape index (κ3) is 3.62. The lowest BCUT2D eigenvalue weighted by Gasteiger charge is -2.34. The topological polar surface area (TPSA) is 90.3 Å². The molecule has 158 valence electrons. The number of aromatic nitrogens is 2. The first-order valence-electron chi connectivity index (χ1n) is 9.91. The first-order chi connectivity index (χ1) is 14.2. The Morgan fingerprint density at radius 3 is 2.50 bits per heavy atom. The van der Waals surface area contributed by atoms with E-state index in [-0.39, 0.29) is 16.7 Å². The molecule has 0 saturated carbocycles. The van der Waals surface area contributed by atoms with E-state index in [1.807, 2.05) is 30.5 Å². The number of fused-ring (bicyclic) bond motifs is 1. The molecule has 0 amide bonds. The van der Waals surface area contributed by atoms with Gasteiger partial charge in [0.05, 0.1) is 11.4 Å². The van der Waals surface area contributed by atoms with Gasteiger partial charge in [-0.3, -0.25) is 9.69 Å². The lowest BCUT2D eigenvalue weighted by Crippen LogP contribution is -2.39. The molecule has 0 radical (unpaired) electrons. The minimum absolute atomic E-state index is 0.0637. The number of nitrogens with zero attached hydrogens (tertiary/aromatic N) is 3. The van der Waals surface area contributed by atoms with Crippen molar-refractivity contribution >= 4 is 15.8 Å². The summed E-state index contributed by atoms with van der Waals surface area (Å²) in [7, 11) is -3.74. The summed E-state index contributed by atoms with van der Waals surface area (Å²) in [6, 6.07) is 12.6. The summed E-state index contributed by atoms with van der Waals surface area (Å²) in [4.78, 5) is 15.4. The number of ketones is 1. The Morgan fingerprint density at radius 2 is 1.83 bits per heavy atom. The second kappa shape index (κ2) is 7.54. The molecule has 0 saturated heterocycles. The fraction of sp³-hybridized carbons (Fsp3) is 0.318. The minimum atomic E-state index is -3.74. The van der Waals surface area contributed by atoms with Gasteiger partial charge in [-0.05, 0) is 63.2 Å². The normalized spacial score (nSPS) is 17.1. The highest BCUT2D eigenvalue weighted by atomic mass is 32.2. The van der Waals surface area contributed by atoms with E-state index in [2.05, 4.69) is 28.7 Å². The van der Waals surface area contributed by atoms with Crippen LogP contribution >= 0.6 is 0 Å². The molecule has 0 aliphatic carbocycles. The molecule has 3 heterocycles. The number of carbonyl (C=O) groups excluding carboxylic acids is 1. The Hall–Kier alpha value is -2.68. The number of aryl methyl sites for hydroxylation is 1. The van der Waals surface area contributed by atoms with Gasteiger partial charge in [0.2, 0.25) is 10.0 Å². The highest BCUT2D eigenvalue weighted by Gasteiger charge is 2.27. The zero-order valence-electron chi connectivity index (χ0n) is 17.4. The fourth-order valence-corrected chi connectivity index (χ4v) is 4.86.